The van der Waals surface area contributed by atoms with Crippen LogP contribution in [0.3, 0.4) is 0 Å². The zero-order chi connectivity index (χ0) is 18.7. The molecule has 0 saturated carbocycles. The molecule has 26 heavy (non-hydrogen) atoms. The van der Waals surface area contributed by atoms with Crippen LogP contribution in [0.5, 0.6) is 11.5 Å². The molecule has 1 rings (SSSR count). The van der Waals surface area contributed by atoms with Crippen LogP contribution in [0.2, 0.25) is 0 Å². The lowest BCUT2D eigenvalue weighted by Crippen LogP contribution is -2.37. The van der Waals surface area contributed by atoms with Gasteiger partial charge in [0.05, 0.1) is 13.7 Å². The van der Waals surface area contributed by atoms with Gasteiger partial charge in [-0.3, -0.25) is 9.79 Å². The molecule has 1 atom stereocenters. The lowest BCUT2D eigenvalue weighted by atomic mass is 10.2. The Kier molecular flexibility index (Phi) is 12.6. The van der Waals surface area contributed by atoms with Gasteiger partial charge in [-0.2, -0.15) is 0 Å². The minimum absolute atomic E-state index is 0. The van der Waals surface area contributed by atoms with Crippen LogP contribution in [-0.4, -0.2) is 45.2 Å². The van der Waals surface area contributed by atoms with E-state index in [9.17, 15) is 4.79 Å². The van der Waals surface area contributed by atoms with E-state index in [1.165, 1.54) is 0 Å². The first-order valence-corrected chi connectivity index (χ1v) is 8.61. The molecule has 0 spiro atoms. The standard InChI is InChI=1S/C18H30N4O3.HI/c1-6-13(3)21-17(23)10-11-20-18(19-4)22-14-8-9-15(24-5)16(12-14)25-7-2;/h8-9,12-13H,6-7,10-11H2,1-5H3,(H,21,23)(H2,19,20,22);1H. The number of hydrogen-bond acceptors (Lipinski definition) is 4. The summed E-state index contributed by atoms with van der Waals surface area (Å²) in [5, 5.41) is 9.24. The van der Waals surface area contributed by atoms with E-state index >= 15 is 0 Å². The number of amides is 1. The van der Waals surface area contributed by atoms with Crippen molar-refractivity contribution in [1.82, 2.24) is 10.6 Å². The molecule has 0 aliphatic carbocycles. The summed E-state index contributed by atoms with van der Waals surface area (Å²) < 4.78 is 10.8. The average Bonchev–Trinajstić information content (AvgIpc) is 2.61. The second-order valence-corrected chi connectivity index (χ2v) is 5.55. The maximum Gasteiger partial charge on any atom is 0.221 e. The number of carbonyl (C=O) groups is 1. The fraction of sp³-hybridized carbons (Fsp3) is 0.556. The monoisotopic (exact) mass is 478 g/mol. The molecule has 148 valence electrons. The number of benzene rings is 1. The molecule has 7 nitrogen and oxygen atoms in total. The molecule has 0 bridgehead atoms. The summed E-state index contributed by atoms with van der Waals surface area (Å²) in [5.74, 6) is 1.96. The first-order chi connectivity index (χ1) is 12.0. The van der Waals surface area contributed by atoms with E-state index in [1.54, 1.807) is 14.2 Å². The van der Waals surface area contributed by atoms with E-state index in [0.717, 1.165) is 12.1 Å². The highest BCUT2D eigenvalue weighted by molar-refractivity contribution is 14.0. The first-order valence-electron chi connectivity index (χ1n) is 8.61. The number of nitrogens with zero attached hydrogens (tertiary/aromatic N) is 1. The number of ether oxygens (including phenoxy) is 2. The van der Waals surface area contributed by atoms with E-state index in [0.29, 0.717) is 37.0 Å². The predicted octanol–water partition coefficient (Wildman–Crippen LogP) is 3.00. The summed E-state index contributed by atoms with van der Waals surface area (Å²) in [6.45, 7) is 7.00. The van der Waals surface area contributed by atoms with E-state index in [4.69, 9.17) is 9.47 Å². The normalized spacial score (nSPS) is 11.8. The number of halogens is 1. The first kappa shape index (κ1) is 24.3. The van der Waals surface area contributed by atoms with Crippen molar-refractivity contribution in [3.63, 3.8) is 0 Å². The summed E-state index contributed by atoms with van der Waals surface area (Å²) >= 11 is 0. The smallest absolute Gasteiger partial charge is 0.221 e. The third-order valence-corrected chi connectivity index (χ3v) is 3.61. The van der Waals surface area contributed by atoms with Crippen LogP contribution in [0.25, 0.3) is 0 Å². The lowest BCUT2D eigenvalue weighted by Gasteiger charge is -2.15. The van der Waals surface area contributed by atoms with Crippen LogP contribution in [0.4, 0.5) is 5.69 Å². The van der Waals surface area contributed by atoms with Gasteiger partial charge in [-0.05, 0) is 32.4 Å². The van der Waals surface area contributed by atoms with Gasteiger partial charge in [0.2, 0.25) is 5.91 Å². The summed E-state index contributed by atoms with van der Waals surface area (Å²) in [5.41, 5.74) is 0.821. The molecular formula is C18H31IN4O3. The number of hydrogen-bond donors (Lipinski definition) is 3. The van der Waals surface area contributed by atoms with Crippen LogP contribution in [0.15, 0.2) is 23.2 Å². The van der Waals surface area contributed by atoms with E-state index in [1.807, 2.05) is 39.0 Å². The molecule has 1 amide bonds. The quantitative estimate of drug-likeness (QED) is 0.289. The number of aliphatic imine (C=N–C) groups is 1. The Morgan fingerprint density at radius 1 is 1.27 bits per heavy atom. The minimum Gasteiger partial charge on any atom is -0.493 e. The Hall–Kier alpha value is -1.71. The molecule has 8 heteroatoms. The SMILES string of the molecule is CCOc1cc(NC(=NC)NCCC(=O)NC(C)CC)ccc1OC.I. The second kappa shape index (κ2) is 13.5. The molecule has 0 aliphatic heterocycles. The van der Waals surface area contributed by atoms with Crippen LogP contribution in [0, 0.1) is 0 Å². The molecule has 0 fully saturated rings. The van der Waals surface area contributed by atoms with Gasteiger partial charge in [-0.15, -0.1) is 24.0 Å². The van der Waals surface area contributed by atoms with Crippen molar-refractivity contribution in [3.8, 4) is 11.5 Å². The number of rotatable bonds is 9. The second-order valence-electron chi connectivity index (χ2n) is 5.55. The van der Waals surface area contributed by atoms with Gasteiger partial charge >= 0.3 is 0 Å². The van der Waals surface area contributed by atoms with Crippen LogP contribution < -0.4 is 25.4 Å². The molecule has 1 aromatic carbocycles. The van der Waals surface area contributed by atoms with Crippen molar-refractivity contribution in [3.05, 3.63) is 18.2 Å². The van der Waals surface area contributed by atoms with Gasteiger partial charge in [-0.25, -0.2) is 0 Å². The van der Waals surface area contributed by atoms with Gasteiger partial charge in [0, 0.05) is 37.8 Å². The third-order valence-electron chi connectivity index (χ3n) is 3.61. The predicted molar refractivity (Wildman–Crippen MR) is 117 cm³/mol. The van der Waals surface area contributed by atoms with Crippen molar-refractivity contribution >= 4 is 41.5 Å². The molecule has 3 N–H and O–H groups in total. The number of methoxy groups -OCH3 is 1. The fourth-order valence-electron chi connectivity index (χ4n) is 2.08. The van der Waals surface area contributed by atoms with E-state index in [2.05, 4.69) is 20.9 Å². The molecule has 0 aromatic heterocycles. The molecule has 0 radical (unpaired) electrons. The maximum atomic E-state index is 11.8. The van der Waals surface area contributed by atoms with Crippen LogP contribution in [0.1, 0.15) is 33.6 Å². The zero-order valence-corrected chi connectivity index (χ0v) is 18.5. The third kappa shape index (κ3) is 8.59. The van der Waals surface area contributed by atoms with Crippen molar-refractivity contribution in [2.75, 3.05) is 32.6 Å². The van der Waals surface area contributed by atoms with Gasteiger partial charge in [-0.1, -0.05) is 6.92 Å². The zero-order valence-electron chi connectivity index (χ0n) is 16.2. The van der Waals surface area contributed by atoms with Crippen LogP contribution >= 0.6 is 24.0 Å². The summed E-state index contributed by atoms with van der Waals surface area (Å²) in [6.07, 6.45) is 1.31. The molecule has 1 aromatic rings. The maximum absolute atomic E-state index is 11.8. The number of guanidine groups is 1. The number of anilines is 1. The van der Waals surface area contributed by atoms with Crippen molar-refractivity contribution < 1.29 is 14.3 Å². The number of carbonyl (C=O) groups excluding carboxylic acids is 1. The van der Waals surface area contributed by atoms with Gasteiger partial charge in [0.15, 0.2) is 17.5 Å². The fourth-order valence-corrected chi connectivity index (χ4v) is 2.08. The number of nitrogens with one attached hydrogen (secondary N) is 3. The Morgan fingerprint density at radius 2 is 2.00 bits per heavy atom. The van der Waals surface area contributed by atoms with Crippen molar-refractivity contribution in [2.45, 2.75) is 39.7 Å². The topological polar surface area (TPSA) is 84.0 Å². The molecule has 0 aliphatic rings. The average molecular weight is 478 g/mol. The Bertz CT molecular complexity index is 582. The Balaban J connectivity index is 0.00000625. The molecular weight excluding hydrogens is 447 g/mol. The van der Waals surface area contributed by atoms with Gasteiger partial charge < -0.3 is 25.4 Å². The van der Waals surface area contributed by atoms with Crippen LogP contribution in [-0.2, 0) is 4.79 Å². The minimum atomic E-state index is 0. The largest absolute Gasteiger partial charge is 0.493 e. The summed E-state index contributed by atoms with van der Waals surface area (Å²) in [4.78, 5) is 16.0. The lowest BCUT2D eigenvalue weighted by molar-refractivity contribution is -0.121. The molecule has 0 heterocycles. The highest BCUT2D eigenvalue weighted by Gasteiger charge is 2.08. The molecule has 1 unspecified atom stereocenters. The van der Waals surface area contributed by atoms with Crippen molar-refractivity contribution in [1.29, 1.82) is 0 Å². The van der Waals surface area contributed by atoms with Gasteiger partial charge in [0.25, 0.3) is 0 Å². The highest BCUT2D eigenvalue weighted by atomic mass is 127. The van der Waals surface area contributed by atoms with Gasteiger partial charge in [0.1, 0.15) is 0 Å². The Labute approximate surface area is 173 Å². The van der Waals surface area contributed by atoms with Crippen molar-refractivity contribution in [2.24, 2.45) is 4.99 Å². The summed E-state index contributed by atoms with van der Waals surface area (Å²) in [6, 6.07) is 5.76. The Morgan fingerprint density at radius 3 is 2.58 bits per heavy atom. The van der Waals surface area contributed by atoms with E-state index < -0.39 is 0 Å². The molecule has 0 saturated heterocycles. The summed E-state index contributed by atoms with van der Waals surface area (Å²) in [7, 11) is 3.29. The van der Waals surface area contributed by atoms with E-state index in [-0.39, 0.29) is 35.9 Å². The highest BCUT2D eigenvalue weighted by Crippen LogP contribution is 2.30.